The van der Waals surface area contributed by atoms with Crippen molar-refractivity contribution in [2.24, 2.45) is 0 Å². The van der Waals surface area contributed by atoms with Gasteiger partial charge in [-0.2, -0.15) is 0 Å². The zero-order valence-corrected chi connectivity index (χ0v) is 10.9. The summed E-state index contributed by atoms with van der Waals surface area (Å²) in [6.45, 7) is 0. The molecule has 1 nitrogen and oxygen atoms in total. The highest BCUT2D eigenvalue weighted by atomic mass is 79.9. The third kappa shape index (κ3) is 1.52. The van der Waals surface area contributed by atoms with Crippen LogP contribution < -0.4 is 0 Å². The summed E-state index contributed by atoms with van der Waals surface area (Å²) in [5.74, 6) is 0. The molecule has 1 heterocycles. The zero-order chi connectivity index (χ0) is 9.59. The Morgan fingerprint density at radius 3 is 2.31 bits per heavy atom. The molecule has 1 N–H and O–H groups in total. The van der Waals surface area contributed by atoms with Crippen LogP contribution in [0.2, 0.25) is 10.2 Å². The van der Waals surface area contributed by atoms with E-state index in [9.17, 15) is 0 Å². The number of aromatic nitrogens is 1. The molecule has 0 amide bonds. The number of halogens is 4. The van der Waals surface area contributed by atoms with Gasteiger partial charge >= 0.3 is 0 Å². The van der Waals surface area contributed by atoms with Gasteiger partial charge in [-0.15, -0.1) is 0 Å². The van der Waals surface area contributed by atoms with E-state index in [2.05, 4.69) is 36.8 Å². The standard InChI is InChI=1S/C8H3Br2Cl2N/c9-3-1-2-4(10)7-5(3)6(11)8(12)13-7/h1-2,13H. The van der Waals surface area contributed by atoms with Crippen LogP contribution in [0.25, 0.3) is 10.9 Å². The quantitative estimate of drug-likeness (QED) is 0.693. The van der Waals surface area contributed by atoms with E-state index in [0.29, 0.717) is 10.2 Å². The summed E-state index contributed by atoms with van der Waals surface area (Å²) in [7, 11) is 0. The van der Waals surface area contributed by atoms with E-state index in [0.717, 1.165) is 19.8 Å². The van der Waals surface area contributed by atoms with Crippen molar-refractivity contribution in [3.63, 3.8) is 0 Å². The van der Waals surface area contributed by atoms with Gasteiger partial charge in [0.1, 0.15) is 5.15 Å². The van der Waals surface area contributed by atoms with E-state index in [1.807, 2.05) is 12.1 Å². The van der Waals surface area contributed by atoms with Crippen molar-refractivity contribution < 1.29 is 0 Å². The van der Waals surface area contributed by atoms with E-state index in [1.54, 1.807) is 0 Å². The average molecular weight is 344 g/mol. The summed E-state index contributed by atoms with van der Waals surface area (Å²) >= 11 is 18.7. The van der Waals surface area contributed by atoms with Gasteiger partial charge in [0.15, 0.2) is 0 Å². The van der Waals surface area contributed by atoms with Crippen LogP contribution in [0, 0.1) is 0 Å². The zero-order valence-electron chi connectivity index (χ0n) is 6.17. The third-order valence-corrected chi connectivity index (χ3v) is 3.83. The Balaban J connectivity index is 3.00. The molecule has 0 aliphatic rings. The molecule has 0 saturated heterocycles. The molecule has 68 valence electrons. The molecular weight excluding hydrogens is 341 g/mol. The average Bonchev–Trinajstić information content (AvgIpc) is 2.38. The van der Waals surface area contributed by atoms with E-state index >= 15 is 0 Å². The Bertz CT molecular complexity index is 478. The summed E-state index contributed by atoms with van der Waals surface area (Å²) in [6, 6.07) is 3.85. The number of H-pyrrole nitrogens is 1. The molecule has 2 rings (SSSR count). The molecule has 0 radical (unpaired) electrons. The number of fused-ring (bicyclic) bond motifs is 1. The molecule has 0 atom stereocenters. The first-order valence-corrected chi connectivity index (χ1v) is 5.76. The molecule has 0 aliphatic carbocycles. The minimum atomic E-state index is 0.462. The van der Waals surface area contributed by atoms with Crippen LogP contribution in [0.4, 0.5) is 0 Å². The minimum Gasteiger partial charge on any atom is -0.343 e. The van der Waals surface area contributed by atoms with Gasteiger partial charge in [-0.25, -0.2) is 0 Å². The molecule has 13 heavy (non-hydrogen) atoms. The maximum Gasteiger partial charge on any atom is 0.126 e. The van der Waals surface area contributed by atoms with E-state index in [1.165, 1.54) is 0 Å². The molecule has 0 aliphatic heterocycles. The lowest BCUT2D eigenvalue weighted by molar-refractivity contribution is 1.46. The molecule has 0 bridgehead atoms. The maximum absolute atomic E-state index is 6.00. The fourth-order valence-corrected chi connectivity index (χ4v) is 2.67. The number of benzene rings is 1. The number of hydrogen-bond acceptors (Lipinski definition) is 0. The Hall–Kier alpha value is 0.300. The molecule has 1 aromatic carbocycles. The van der Waals surface area contributed by atoms with Crippen molar-refractivity contribution in [1.82, 2.24) is 4.98 Å². The number of rotatable bonds is 0. The molecule has 2 aromatic rings. The molecule has 1 aromatic heterocycles. The van der Waals surface area contributed by atoms with E-state index in [4.69, 9.17) is 23.2 Å². The second kappa shape index (κ2) is 3.46. The van der Waals surface area contributed by atoms with Gasteiger partial charge in [0.2, 0.25) is 0 Å². The number of aromatic amines is 1. The molecule has 0 unspecified atom stereocenters. The van der Waals surface area contributed by atoms with Gasteiger partial charge in [-0.1, -0.05) is 39.1 Å². The van der Waals surface area contributed by atoms with Gasteiger partial charge in [-0.05, 0) is 28.1 Å². The smallest absolute Gasteiger partial charge is 0.126 e. The minimum absolute atomic E-state index is 0.462. The van der Waals surface area contributed by atoms with E-state index < -0.39 is 0 Å². The Morgan fingerprint density at radius 2 is 1.69 bits per heavy atom. The summed E-state index contributed by atoms with van der Waals surface area (Å²) in [4.78, 5) is 2.99. The van der Waals surface area contributed by atoms with Crippen LogP contribution in [0.3, 0.4) is 0 Å². The highest BCUT2D eigenvalue weighted by Crippen LogP contribution is 2.38. The van der Waals surface area contributed by atoms with Crippen LogP contribution in [0.15, 0.2) is 21.1 Å². The van der Waals surface area contributed by atoms with Crippen molar-refractivity contribution >= 4 is 66.0 Å². The second-order valence-electron chi connectivity index (χ2n) is 2.53. The first-order chi connectivity index (χ1) is 6.11. The lowest BCUT2D eigenvalue weighted by Gasteiger charge is -1.96. The molecule has 0 saturated carbocycles. The Kier molecular flexibility index (Phi) is 2.62. The second-order valence-corrected chi connectivity index (χ2v) is 5.00. The van der Waals surface area contributed by atoms with Gasteiger partial charge in [0.25, 0.3) is 0 Å². The molecule has 0 fully saturated rings. The van der Waals surface area contributed by atoms with Crippen molar-refractivity contribution in [2.45, 2.75) is 0 Å². The van der Waals surface area contributed by atoms with Gasteiger partial charge in [0, 0.05) is 14.3 Å². The van der Waals surface area contributed by atoms with Crippen molar-refractivity contribution in [1.29, 1.82) is 0 Å². The van der Waals surface area contributed by atoms with Gasteiger partial charge in [-0.3, -0.25) is 0 Å². The van der Waals surface area contributed by atoms with Crippen molar-refractivity contribution in [2.75, 3.05) is 0 Å². The van der Waals surface area contributed by atoms with Crippen LogP contribution >= 0.6 is 55.1 Å². The molecule has 5 heteroatoms. The maximum atomic E-state index is 6.00. The van der Waals surface area contributed by atoms with Crippen LogP contribution in [-0.4, -0.2) is 4.98 Å². The van der Waals surface area contributed by atoms with Crippen LogP contribution in [-0.2, 0) is 0 Å². The lowest BCUT2D eigenvalue weighted by atomic mass is 10.2. The SMILES string of the molecule is Clc1[nH]c2c(Br)ccc(Br)c2c1Cl. The lowest BCUT2D eigenvalue weighted by Crippen LogP contribution is -1.72. The highest BCUT2D eigenvalue weighted by molar-refractivity contribution is 9.11. The van der Waals surface area contributed by atoms with E-state index in [-0.39, 0.29) is 0 Å². The van der Waals surface area contributed by atoms with Gasteiger partial charge < -0.3 is 4.98 Å². The fraction of sp³-hybridized carbons (Fsp3) is 0. The van der Waals surface area contributed by atoms with Crippen LogP contribution in [0.5, 0.6) is 0 Å². The predicted octanol–water partition coefficient (Wildman–Crippen LogP) is 5.00. The third-order valence-electron chi connectivity index (χ3n) is 1.75. The topological polar surface area (TPSA) is 15.8 Å². The Labute approximate surface area is 102 Å². The highest BCUT2D eigenvalue weighted by Gasteiger charge is 2.12. The predicted molar refractivity (Wildman–Crippen MR) is 63.7 cm³/mol. The summed E-state index contributed by atoms with van der Waals surface area (Å²) < 4.78 is 1.87. The normalized spacial score (nSPS) is 11.1. The van der Waals surface area contributed by atoms with Crippen LogP contribution in [0.1, 0.15) is 0 Å². The summed E-state index contributed by atoms with van der Waals surface area (Å²) in [5.41, 5.74) is 0.907. The van der Waals surface area contributed by atoms with Gasteiger partial charge in [0.05, 0.1) is 10.5 Å². The monoisotopic (exact) mass is 341 g/mol. The van der Waals surface area contributed by atoms with Crippen molar-refractivity contribution in [3.8, 4) is 0 Å². The number of hydrogen-bond donors (Lipinski definition) is 1. The summed E-state index contributed by atoms with van der Waals surface area (Å²) in [6.07, 6.45) is 0. The largest absolute Gasteiger partial charge is 0.343 e. The first kappa shape index (κ1) is 9.84. The number of nitrogens with one attached hydrogen (secondary N) is 1. The summed E-state index contributed by atoms with van der Waals surface area (Å²) in [5, 5.41) is 1.91. The molecular formula is C8H3Br2Cl2N. The Morgan fingerprint density at radius 1 is 1.08 bits per heavy atom. The fourth-order valence-electron chi connectivity index (χ4n) is 1.16. The molecule has 0 spiro atoms. The van der Waals surface area contributed by atoms with Crippen molar-refractivity contribution in [3.05, 3.63) is 31.3 Å². The first-order valence-electron chi connectivity index (χ1n) is 3.42.